The Kier molecular flexibility index (Phi) is 5.41. The van der Waals surface area contributed by atoms with Crippen LogP contribution < -0.4 is 0 Å². The number of carbonyl (C=O) groups is 2. The van der Waals surface area contributed by atoms with Crippen LogP contribution in [0.2, 0.25) is 0 Å². The van der Waals surface area contributed by atoms with E-state index < -0.39 is 29.4 Å². The Morgan fingerprint density at radius 3 is 2.63 bits per heavy atom. The van der Waals surface area contributed by atoms with Crippen molar-refractivity contribution in [1.29, 1.82) is 0 Å². The fourth-order valence-electron chi connectivity index (χ4n) is 2.92. The number of hydrogen-bond donors (Lipinski definition) is 0. The highest BCUT2D eigenvalue weighted by Crippen LogP contribution is 2.32. The lowest BCUT2D eigenvalue weighted by molar-refractivity contribution is -0.146. The van der Waals surface area contributed by atoms with Gasteiger partial charge in [-0.15, -0.1) is 0 Å². The van der Waals surface area contributed by atoms with E-state index in [0.717, 1.165) is 31.2 Å². The van der Waals surface area contributed by atoms with Crippen LogP contribution in [0.5, 0.6) is 0 Å². The molecule has 1 aromatic heterocycles. The highest BCUT2D eigenvalue weighted by molar-refractivity contribution is 5.94. The van der Waals surface area contributed by atoms with E-state index in [1.807, 2.05) is 0 Å². The standard InChI is InChI=1S/C18H22F3N3O3/c1-11(27-10-12-5-6-12)16(25)23(2)13-8-24(9-13)17(26)15-14(18(19,20)21)4-3-7-22-15/h3-4,7,11-13H,5-6,8-10H2,1-2H3. The first-order valence-corrected chi connectivity index (χ1v) is 8.88. The molecule has 1 saturated carbocycles. The summed E-state index contributed by atoms with van der Waals surface area (Å²) in [6, 6.07) is 1.74. The molecule has 2 heterocycles. The maximum absolute atomic E-state index is 13.0. The van der Waals surface area contributed by atoms with Crippen molar-refractivity contribution in [2.45, 2.75) is 38.1 Å². The molecule has 1 atom stereocenters. The van der Waals surface area contributed by atoms with Gasteiger partial charge in [-0.25, -0.2) is 0 Å². The Bertz CT molecular complexity index is 715. The van der Waals surface area contributed by atoms with Gasteiger partial charge in [0.25, 0.3) is 11.8 Å². The molecule has 0 aromatic carbocycles. The van der Waals surface area contributed by atoms with E-state index in [4.69, 9.17) is 4.74 Å². The molecule has 0 radical (unpaired) electrons. The second-order valence-corrected chi connectivity index (χ2v) is 7.13. The van der Waals surface area contributed by atoms with Gasteiger partial charge in [-0.3, -0.25) is 14.6 Å². The number of amides is 2. The van der Waals surface area contributed by atoms with Gasteiger partial charge in [0, 0.05) is 26.3 Å². The van der Waals surface area contributed by atoms with E-state index in [-0.39, 0.29) is 25.0 Å². The van der Waals surface area contributed by atoms with Crippen LogP contribution in [0, 0.1) is 5.92 Å². The van der Waals surface area contributed by atoms with Crippen LogP contribution in [0.3, 0.4) is 0 Å². The molecule has 1 saturated heterocycles. The summed E-state index contributed by atoms with van der Waals surface area (Å²) in [5, 5.41) is 0. The molecule has 3 rings (SSSR count). The van der Waals surface area contributed by atoms with E-state index in [2.05, 4.69) is 4.98 Å². The Balaban J connectivity index is 1.55. The minimum atomic E-state index is -4.65. The first kappa shape index (κ1) is 19.6. The molecule has 6 nitrogen and oxygen atoms in total. The van der Waals surface area contributed by atoms with E-state index in [1.54, 1.807) is 14.0 Å². The predicted molar refractivity (Wildman–Crippen MR) is 89.8 cm³/mol. The third-order valence-electron chi connectivity index (χ3n) is 4.99. The van der Waals surface area contributed by atoms with Crippen LogP contribution in [-0.4, -0.2) is 65.5 Å². The van der Waals surface area contributed by atoms with Gasteiger partial charge >= 0.3 is 6.18 Å². The predicted octanol–water partition coefficient (Wildman–Crippen LogP) is 2.20. The number of ether oxygens (including phenoxy) is 1. The molecule has 1 unspecified atom stereocenters. The second-order valence-electron chi connectivity index (χ2n) is 7.13. The number of pyridine rings is 1. The number of rotatable bonds is 6. The molecule has 148 valence electrons. The highest BCUT2D eigenvalue weighted by atomic mass is 19.4. The molecule has 1 aliphatic carbocycles. The summed E-state index contributed by atoms with van der Waals surface area (Å²) < 4.78 is 44.7. The van der Waals surface area contributed by atoms with Crippen LogP contribution >= 0.6 is 0 Å². The minimum Gasteiger partial charge on any atom is -0.368 e. The third-order valence-corrected chi connectivity index (χ3v) is 4.99. The Labute approximate surface area is 155 Å². The number of nitrogens with zero attached hydrogens (tertiary/aromatic N) is 3. The Morgan fingerprint density at radius 1 is 1.37 bits per heavy atom. The molecular formula is C18H22F3N3O3. The highest BCUT2D eigenvalue weighted by Gasteiger charge is 2.41. The van der Waals surface area contributed by atoms with Gasteiger partial charge in [-0.2, -0.15) is 13.2 Å². The molecule has 0 spiro atoms. The maximum atomic E-state index is 13.0. The number of likely N-dealkylation sites (tertiary alicyclic amines) is 1. The van der Waals surface area contributed by atoms with Gasteiger partial charge in [-0.1, -0.05) is 0 Å². The molecule has 0 bridgehead atoms. The normalized spacial score (nSPS) is 18.8. The SMILES string of the molecule is CC(OCC1CC1)C(=O)N(C)C1CN(C(=O)c2ncccc2C(F)(F)F)C1. The molecule has 27 heavy (non-hydrogen) atoms. The van der Waals surface area contributed by atoms with Crippen molar-refractivity contribution in [2.24, 2.45) is 5.92 Å². The lowest BCUT2D eigenvalue weighted by Crippen LogP contribution is -2.62. The van der Waals surface area contributed by atoms with Crippen LogP contribution in [0.4, 0.5) is 13.2 Å². The molecule has 2 aliphatic rings. The van der Waals surface area contributed by atoms with Crippen LogP contribution in [-0.2, 0) is 15.7 Å². The van der Waals surface area contributed by atoms with E-state index in [9.17, 15) is 22.8 Å². The van der Waals surface area contributed by atoms with Crippen molar-refractivity contribution in [3.05, 3.63) is 29.6 Å². The maximum Gasteiger partial charge on any atom is 0.418 e. The zero-order valence-electron chi connectivity index (χ0n) is 15.2. The monoisotopic (exact) mass is 385 g/mol. The summed E-state index contributed by atoms with van der Waals surface area (Å²) in [7, 11) is 1.62. The summed E-state index contributed by atoms with van der Waals surface area (Å²) in [5.41, 5.74) is -1.66. The molecule has 1 aliphatic heterocycles. The zero-order chi connectivity index (χ0) is 19.8. The fourth-order valence-corrected chi connectivity index (χ4v) is 2.92. The summed E-state index contributed by atoms with van der Waals surface area (Å²) in [5.74, 6) is -0.428. The Hall–Kier alpha value is -2.16. The zero-order valence-corrected chi connectivity index (χ0v) is 15.2. The number of alkyl halides is 3. The average Bonchev–Trinajstić information content (AvgIpc) is 3.41. The molecular weight excluding hydrogens is 363 g/mol. The van der Waals surface area contributed by atoms with Gasteiger partial charge in [0.1, 0.15) is 11.8 Å². The Morgan fingerprint density at radius 2 is 2.04 bits per heavy atom. The summed E-state index contributed by atoms with van der Waals surface area (Å²) >= 11 is 0. The molecule has 2 fully saturated rings. The van der Waals surface area contributed by atoms with Gasteiger partial charge in [0.15, 0.2) is 0 Å². The van der Waals surface area contributed by atoms with Crippen molar-refractivity contribution < 1.29 is 27.5 Å². The number of aromatic nitrogens is 1. The quantitative estimate of drug-likeness (QED) is 0.753. The molecule has 2 amide bonds. The lowest BCUT2D eigenvalue weighted by atomic mass is 10.0. The number of likely N-dealkylation sites (N-methyl/N-ethyl adjacent to an activating group) is 1. The van der Waals surface area contributed by atoms with Crippen molar-refractivity contribution in [3.8, 4) is 0 Å². The first-order chi connectivity index (χ1) is 12.7. The van der Waals surface area contributed by atoms with Gasteiger partial charge in [-0.05, 0) is 37.8 Å². The van der Waals surface area contributed by atoms with E-state index in [1.165, 1.54) is 9.80 Å². The van der Waals surface area contributed by atoms with Gasteiger partial charge in [0.2, 0.25) is 0 Å². The summed E-state index contributed by atoms with van der Waals surface area (Å²) in [6.45, 7) is 2.59. The minimum absolute atomic E-state index is 0.171. The van der Waals surface area contributed by atoms with Crippen molar-refractivity contribution in [2.75, 3.05) is 26.7 Å². The van der Waals surface area contributed by atoms with Crippen LogP contribution in [0.15, 0.2) is 18.3 Å². The van der Waals surface area contributed by atoms with Crippen LogP contribution in [0.25, 0.3) is 0 Å². The number of hydrogen-bond acceptors (Lipinski definition) is 4. The van der Waals surface area contributed by atoms with Crippen LogP contribution in [0.1, 0.15) is 35.8 Å². The number of halogens is 3. The third kappa shape index (κ3) is 4.40. The molecule has 0 N–H and O–H groups in total. The molecule has 1 aromatic rings. The second kappa shape index (κ2) is 7.46. The van der Waals surface area contributed by atoms with E-state index in [0.29, 0.717) is 12.5 Å². The van der Waals surface area contributed by atoms with Crippen molar-refractivity contribution in [1.82, 2.24) is 14.8 Å². The average molecular weight is 385 g/mol. The summed E-state index contributed by atoms with van der Waals surface area (Å²) in [4.78, 5) is 31.2. The van der Waals surface area contributed by atoms with Gasteiger partial charge in [0.05, 0.1) is 18.2 Å². The fraction of sp³-hybridized carbons (Fsp3) is 0.611. The smallest absolute Gasteiger partial charge is 0.368 e. The first-order valence-electron chi connectivity index (χ1n) is 8.88. The lowest BCUT2D eigenvalue weighted by Gasteiger charge is -2.44. The summed E-state index contributed by atoms with van der Waals surface area (Å²) in [6.07, 6.45) is -1.81. The van der Waals surface area contributed by atoms with Gasteiger partial charge < -0.3 is 14.5 Å². The topological polar surface area (TPSA) is 62.7 Å². The van der Waals surface area contributed by atoms with Crippen molar-refractivity contribution in [3.63, 3.8) is 0 Å². The molecule has 9 heteroatoms. The van der Waals surface area contributed by atoms with Crippen molar-refractivity contribution >= 4 is 11.8 Å². The largest absolute Gasteiger partial charge is 0.418 e. The number of carbonyl (C=O) groups excluding carboxylic acids is 2. The van der Waals surface area contributed by atoms with E-state index >= 15 is 0 Å².